The van der Waals surface area contributed by atoms with Crippen LogP contribution in [0.2, 0.25) is 0 Å². The van der Waals surface area contributed by atoms with Gasteiger partial charge in [0.15, 0.2) is 11.6 Å². The average molecular weight is 298 g/mol. The SMILES string of the molecule is O=C(CCC1CCNC1)NCCOc1ccc(F)c(F)c1. The van der Waals surface area contributed by atoms with E-state index in [0.29, 0.717) is 18.9 Å². The number of carbonyl (C=O) groups is 1. The number of amides is 1. The summed E-state index contributed by atoms with van der Waals surface area (Å²) in [5.41, 5.74) is 0. The standard InChI is InChI=1S/C15H20F2N2O2/c16-13-3-2-12(9-14(13)17)21-8-7-19-15(20)4-1-11-5-6-18-10-11/h2-3,9,11,18H,1,4-8,10H2,(H,19,20). The number of rotatable bonds is 7. The summed E-state index contributed by atoms with van der Waals surface area (Å²) in [6.07, 6.45) is 2.53. The minimum atomic E-state index is -0.943. The van der Waals surface area contributed by atoms with Crippen molar-refractivity contribution in [1.29, 1.82) is 0 Å². The van der Waals surface area contributed by atoms with Gasteiger partial charge in [0.25, 0.3) is 0 Å². The van der Waals surface area contributed by atoms with Crippen molar-refractivity contribution < 1.29 is 18.3 Å². The van der Waals surface area contributed by atoms with Gasteiger partial charge in [0.05, 0.1) is 6.54 Å². The Hall–Kier alpha value is -1.69. The van der Waals surface area contributed by atoms with E-state index in [1.807, 2.05) is 0 Å². The van der Waals surface area contributed by atoms with Crippen LogP contribution in [0.3, 0.4) is 0 Å². The van der Waals surface area contributed by atoms with Crippen LogP contribution < -0.4 is 15.4 Å². The van der Waals surface area contributed by atoms with Crippen LogP contribution in [-0.4, -0.2) is 32.1 Å². The van der Waals surface area contributed by atoms with Crippen molar-refractivity contribution in [2.75, 3.05) is 26.2 Å². The molecule has 0 saturated carbocycles. The van der Waals surface area contributed by atoms with Gasteiger partial charge in [-0.1, -0.05) is 0 Å². The lowest BCUT2D eigenvalue weighted by atomic mass is 10.0. The Kier molecular flexibility index (Phi) is 5.92. The fourth-order valence-corrected chi connectivity index (χ4v) is 2.31. The highest BCUT2D eigenvalue weighted by Crippen LogP contribution is 2.15. The zero-order valence-electron chi connectivity index (χ0n) is 11.8. The van der Waals surface area contributed by atoms with E-state index < -0.39 is 11.6 Å². The van der Waals surface area contributed by atoms with E-state index >= 15 is 0 Å². The Morgan fingerprint density at radius 3 is 2.95 bits per heavy atom. The number of hydrogen-bond donors (Lipinski definition) is 2. The molecule has 0 spiro atoms. The summed E-state index contributed by atoms with van der Waals surface area (Å²) in [5.74, 6) is -1.01. The number of ether oxygens (including phenoxy) is 1. The summed E-state index contributed by atoms with van der Waals surface area (Å²) in [6.45, 7) is 2.60. The van der Waals surface area contributed by atoms with Gasteiger partial charge in [0, 0.05) is 12.5 Å². The first-order valence-electron chi connectivity index (χ1n) is 7.20. The van der Waals surface area contributed by atoms with Crippen LogP contribution in [0.1, 0.15) is 19.3 Å². The van der Waals surface area contributed by atoms with E-state index in [0.717, 1.165) is 38.1 Å². The maximum atomic E-state index is 12.9. The summed E-state index contributed by atoms with van der Waals surface area (Å²) >= 11 is 0. The number of nitrogens with one attached hydrogen (secondary N) is 2. The third-order valence-corrected chi connectivity index (χ3v) is 3.53. The highest BCUT2D eigenvalue weighted by Gasteiger charge is 2.15. The molecule has 1 fully saturated rings. The highest BCUT2D eigenvalue weighted by molar-refractivity contribution is 5.75. The molecule has 1 aromatic rings. The zero-order valence-corrected chi connectivity index (χ0v) is 11.8. The van der Waals surface area contributed by atoms with E-state index in [9.17, 15) is 13.6 Å². The van der Waals surface area contributed by atoms with Crippen LogP contribution in [0.5, 0.6) is 5.75 Å². The topological polar surface area (TPSA) is 50.4 Å². The molecule has 1 aliphatic rings. The van der Waals surface area contributed by atoms with Crippen molar-refractivity contribution in [2.24, 2.45) is 5.92 Å². The number of halogens is 2. The van der Waals surface area contributed by atoms with Crippen molar-refractivity contribution in [2.45, 2.75) is 19.3 Å². The molecule has 0 bridgehead atoms. The molecular weight excluding hydrogens is 278 g/mol. The van der Waals surface area contributed by atoms with Gasteiger partial charge in [0.1, 0.15) is 12.4 Å². The molecule has 116 valence electrons. The van der Waals surface area contributed by atoms with Crippen molar-refractivity contribution >= 4 is 5.91 Å². The van der Waals surface area contributed by atoms with Crippen LogP contribution >= 0.6 is 0 Å². The first kappa shape index (κ1) is 15.7. The quantitative estimate of drug-likeness (QED) is 0.755. The maximum absolute atomic E-state index is 12.9. The van der Waals surface area contributed by atoms with E-state index in [4.69, 9.17) is 4.74 Å². The summed E-state index contributed by atoms with van der Waals surface area (Å²) < 4.78 is 30.9. The highest BCUT2D eigenvalue weighted by atomic mass is 19.2. The molecule has 1 aliphatic heterocycles. The smallest absolute Gasteiger partial charge is 0.220 e. The predicted octanol–water partition coefficient (Wildman–Crippen LogP) is 1.85. The van der Waals surface area contributed by atoms with E-state index in [1.165, 1.54) is 6.07 Å². The lowest BCUT2D eigenvalue weighted by molar-refractivity contribution is -0.121. The summed E-state index contributed by atoms with van der Waals surface area (Å²) in [6, 6.07) is 3.36. The first-order valence-corrected chi connectivity index (χ1v) is 7.20. The van der Waals surface area contributed by atoms with Crippen LogP contribution in [0.4, 0.5) is 8.78 Å². The van der Waals surface area contributed by atoms with Crippen LogP contribution in [0, 0.1) is 17.6 Å². The summed E-state index contributed by atoms with van der Waals surface area (Å²) in [7, 11) is 0. The fraction of sp³-hybridized carbons (Fsp3) is 0.533. The lowest BCUT2D eigenvalue weighted by Gasteiger charge is -2.10. The Morgan fingerprint density at radius 1 is 1.38 bits per heavy atom. The Balaban J connectivity index is 1.58. The van der Waals surface area contributed by atoms with Crippen molar-refractivity contribution in [3.63, 3.8) is 0 Å². The first-order chi connectivity index (χ1) is 10.1. The van der Waals surface area contributed by atoms with E-state index in [2.05, 4.69) is 10.6 Å². The second-order valence-electron chi connectivity index (χ2n) is 5.17. The van der Waals surface area contributed by atoms with Crippen LogP contribution in [0.15, 0.2) is 18.2 Å². The van der Waals surface area contributed by atoms with Crippen molar-refractivity contribution in [3.05, 3.63) is 29.8 Å². The lowest BCUT2D eigenvalue weighted by Crippen LogP contribution is -2.28. The summed E-state index contributed by atoms with van der Waals surface area (Å²) in [5, 5.41) is 6.02. The Morgan fingerprint density at radius 2 is 2.24 bits per heavy atom. The Labute approximate surface area is 122 Å². The third kappa shape index (κ3) is 5.30. The largest absolute Gasteiger partial charge is 0.492 e. The normalized spacial score (nSPS) is 17.7. The van der Waals surface area contributed by atoms with Gasteiger partial charge in [-0.05, 0) is 44.0 Å². The van der Waals surface area contributed by atoms with Gasteiger partial charge in [-0.25, -0.2) is 8.78 Å². The second-order valence-corrected chi connectivity index (χ2v) is 5.17. The van der Waals surface area contributed by atoms with Gasteiger partial charge in [-0.3, -0.25) is 4.79 Å². The molecule has 0 aromatic heterocycles. The molecule has 1 atom stereocenters. The monoisotopic (exact) mass is 298 g/mol. The van der Waals surface area contributed by atoms with Gasteiger partial charge < -0.3 is 15.4 Å². The molecule has 1 amide bonds. The fourth-order valence-electron chi connectivity index (χ4n) is 2.31. The molecule has 2 rings (SSSR count). The molecule has 6 heteroatoms. The van der Waals surface area contributed by atoms with Gasteiger partial charge >= 0.3 is 0 Å². The molecule has 1 saturated heterocycles. The third-order valence-electron chi connectivity index (χ3n) is 3.53. The maximum Gasteiger partial charge on any atom is 0.220 e. The molecule has 0 radical (unpaired) electrons. The van der Waals surface area contributed by atoms with Gasteiger partial charge in [0.2, 0.25) is 5.91 Å². The minimum absolute atomic E-state index is 0.00390. The predicted molar refractivity (Wildman–Crippen MR) is 75.1 cm³/mol. The zero-order chi connectivity index (χ0) is 15.1. The number of carbonyl (C=O) groups excluding carboxylic acids is 1. The second kappa shape index (κ2) is 7.93. The van der Waals surface area contributed by atoms with Gasteiger partial charge in [-0.2, -0.15) is 0 Å². The van der Waals surface area contributed by atoms with Crippen molar-refractivity contribution in [3.8, 4) is 5.75 Å². The molecular formula is C15H20F2N2O2. The summed E-state index contributed by atoms with van der Waals surface area (Å²) in [4.78, 5) is 11.6. The average Bonchev–Trinajstić information content (AvgIpc) is 2.98. The number of benzene rings is 1. The number of hydrogen-bond acceptors (Lipinski definition) is 3. The molecule has 4 nitrogen and oxygen atoms in total. The Bertz CT molecular complexity index is 477. The molecule has 1 heterocycles. The van der Waals surface area contributed by atoms with Crippen LogP contribution in [-0.2, 0) is 4.79 Å². The molecule has 2 N–H and O–H groups in total. The molecule has 1 unspecified atom stereocenters. The molecule has 21 heavy (non-hydrogen) atoms. The van der Waals surface area contributed by atoms with E-state index in [1.54, 1.807) is 0 Å². The van der Waals surface area contributed by atoms with Crippen LogP contribution in [0.25, 0.3) is 0 Å². The molecule has 0 aliphatic carbocycles. The van der Waals surface area contributed by atoms with E-state index in [-0.39, 0.29) is 18.3 Å². The molecule has 1 aromatic carbocycles. The van der Waals surface area contributed by atoms with Crippen molar-refractivity contribution in [1.82, 2.24) is 10.6 Å². The van der Waals surface area contributed by atoms with Gasteiger partial charge in [-0.15, -0.1) is 0 Å². The minimum Gasteiger partial charge on any atom is -0.492 e.